The second kappa shape index (κ2) is 8.76. The predicted octanol–water partition coefficient (Wildman–Crippen LogP) is 5.09. The summed E-state index contributed by atoms with van der Waals surface area (Å²) in [6, 6.07) is 0. The topological polar surface area (TPSA) is 60.7 Å². The Hall–Kier alpha value is -1.16. The maximum absolute atomic E-state index is 10.2. The van der Waals surface area contributed by atoms with E-state index >= 15 is 0 Å². The fourth-order valence-corrected chi connectivity index (χ4v) is 6.63. The second-order valence-corrected chi connectivity index (χ2v) is 10.7. The predicted molar refractivity (Wildman–Crippen MR) is 122 cm³/mol. The van der Waals surface area contributed by atoms with Gasteiger partial charge < -0.3 is 15.3 Å². The third-order valence-electron chi connectivity index (χ3n) is 8.65. The van der Waals surface area contributed by atoms with E-state index in [0.717, 1.165) is 17.6 Å². The summed E-state index contributed by atoms with van der Waals surface area (Å²) in [5.74, 6) is 2.28. The van der Waals surface area contributed by atoms with Gasteiger partial charge in [0.2, 0.25) is 0 Å². The van der Waals surface area contributed by atoms with Crippen molar-refractivity contribution in [3.63, 3.8) is 0 Å². The van der Waals surface area contributed by atoms with Crippen LogP contribution in [-0.2, 0) is 0 Å². The second-order valence-electron chi connectivity index (χ2n) is 10.7. The minimum Gasteiger partial charge on any atom is -0.393 e. The van der Waals surface area contributed by atoms with Crippen LogP contribution in [0, 0.1) is 29.1 Å². The molecule has 0 radical (unpaired) electrons. The molecule has 7 atom stereocenters. The molecule has 0 saturated heterocycles. The molecule has 0 aromatic heterocycles. The molecule has 4 rings (SSSR count). The lowest BCUT2D eigenvalue weighted by molar-refractivity contribution is 0.0862. The van der Waals surface area contributed by atoms with Crippen LogP contribution in [-0.4, -0.2) is 33.6 Å². The first-order chi connectivity index (χ1) is 14.3. The highest BCUT2D eigenvalue weighted by Gasteiger charge is 2.50. The van der Waals surface area contributed by atoms with Gasteiger partial charge in [0.1, 0.15) is 0 Å². The third-order valence-corrected chi connectivity index (χ3v) is 8.65. The average Bonchev–Trinajstić information content (AvgIpc) is 3.49. The molecule has 3 heteroatoms. The van der Waals surface area contributed by atoms with Crippen molar-refractivity contribution in [1.82, 2.24) is 0 Å². The van der Waals surface area contributed by atoms with Crippen LogP contribution >= 0.6 is 0 Å². The summed E-state index contributed by atoms with van der Waals surface area (Å²) in [5.41, 5.74) is 3.63. The van der Waals surface area contributed by atoms with Gasteiger partial charge in [-0.1, -0.05) is 50.3 Å². The molecule has 0 unspecified atom stereocenters. The summed E-state index contributed by atoms with van der Waals surface area (Å²) in [6.07, 6.45) is 16.9. The minimum atomic E-state index is -0.621. The fourth-order valence-electron chi connectivity index (χ4n) is 6.63. The van der Waals surface area contributed by atoms with E-state index in [9.17, 15) is 15.3 Å². The molecule has 4 fully saturated rings. The highest BCUT2D eigenvalue weighted by Crippen LogP contribution is 2.59. The molecule has 166 valence electrons. The maximum atomic E-state index is 10.2. The zero-order valence-electron chi connectivity index (χ0n) is 18.8. The van der Waals surface area contributed by atoms with Crippen molar-refractivity contribution in [2.75, 3.05) is 0 Å². The van der Waals surface area contributed by atoms with Crippen molar-refractivity contribution in [1.29, 1.82) is 0 Å². The highest BCUT2D eigenvalue weighted by molar-refractivity contribution is 5.38. The molecule has 0 aliphatic heterocycles. The van der Waals surface area contributed by atoms with Gasteiger partial charge in [-0.15, -0.1) is 0 Å². The molecule has 4 aliphatic carbocycles. The van der Waals surface area contributed by atoms with Crippen LogP contribution in [0.2, 0.25) is 0 Å². The van der Waals surface area contributed by atoms with E-state index < -0.39 is 12.2 Å². The van der Waals surface area contributed by atoms with E-state index in [1.54, 1.807) is 0 Å². The molecule has 3 N–H and O–H groups in total. The lowest BCUT2D eigenvalue weighted by atomic mass is 9.61. The molecular formula is C27H40O3. The Balaban J connectivity index is 1.48. The Kier molecular flexibility index (Phi) is 6.44. The Labute approximate surface area is 182 Å². The number of aliphatic hydroxyl groups excluding tert-OH is 3. The molecule has 4 aliphatic rings. The molecule has 0 amide bonds. The summed E-state index contributed by atoms with van der Waals surface area (Å²) >= 11 is 0. The average molecular weight is 413 g/mol. The van der Waals surface area contributed by atoms with Crippen LogP contribution < -0.4 is 0 Å². The van der Waals surface area contributed by atoms with Gasteiger partial charge in [-0.2, -0.15) is 0 Å². The number of fused-ring (bicyclic) bond motifs is 1. The molecule has 30 heavy (non-hydrogen) atoms. The maximum Gasteiger partial charge on any atom is 0.0811 e. The molecular weight excluding hydrogens is 372 g/mol. The number of hydrogen-bond acceptors (Lipinski definition) is 3. The van der Waals surface area contributed by atoms with Crippen LogP contribution in [0.3, 0.4) is 0 Å². The van der Waals surface area contributed by atoms with Crippen LogP contribution in [0.4, 0.5) is 0 Å². The summed E-state index contributed by atoms with van der Waals surface area (Å²) < 4.78 is 0. The SMILES string of the molecule is C=C1/C(=C\C=C2/CCC[C@]3(C)[C@@H]([C@H](C)C=C[C@@H](O)C4CC4)CC[C@@H]23)C[C@@H](O)C[C@@H]1O. The molecule has 3 nitrogen and oxygen atoms in total. The van der Waals surface area contributed by atoms with Gasteiger partial charge in [0.05, 0.1) is 18.3 Å². The smallest absolute Gasteiger partial charge is 0.0811 e. The van der Waals surface area contributed by atoms with E-state index in [2.05, 4.69) is 44.7 Å². The van der Waals surface area contributed by atoms with E-state index in [1.165, 1.54) is 44.1 Å². The first-order valence-electron chi connectivity index (χ1n) is 12.1. The highest BCUT2D eigenvalue weighted by atomic mass is 16.3. The van der Waals surface area contributed by atoms with Gasteiger partial charge in [-0.05, 0) is 91.6 Å². The van der Waals surface area contributed by atoms with Crippen LogP contribution in [0.1, 0.15) is 71.6 Å². The molecule has 0 aromatic carbocycles. The van der Waals surface area contributed by atoms with Gasteiger partial charge in [0.25, 0.3) is 0 Å². The molecule has 4 saturated carbocycles. The van der Waals surface area contributed by atoms with E-state index in [1.807, 2.05) is 0 Å². The molecule has 0 spiro atoms. The Morgan fingerprint density at radius 2 is 1.87 bits per heavy atom. The number of allylic oxidation sites excluding steroid dienone is 4. The quantitative estimate of drug-likeness (QED) is 0.551. The van der Waals surface area contributed by atoms with E-state index in [-0.39, 0.29) is 6.10 Å². The minimum absolute atomic E-state index is 0.250. The molecule has 0 heterocycles. The van der Waals surface area contributed by atoms with Gasteiger partial charge in [-0.3, -0.25) is 0 Å². The fraction of sp³-hybridized carbons (Fsp3) is 0.704. The van der Waals surface area contributed by atoms with Crippen LogP contribution in [0.25, 0.3) is 0 Å². The number of rotatable bonds is 5. The van der Waals surface area contributed by atoms with E-state index in [4.69, 9.17) is 0 Å². The number of aliphatic hydroxyl groups is 3. The lowest BCUT2D eigenvalue weighted by Gasteiger charge is -2.44. The van der Waals surface area contributed by atoms with Crippen molar-refractivity contribution in [3.05, 3.63) is 47.6 Å². The summed E-state index contributed by atoms with van der Waals surface area (Å²) in [5, 5.41) is 30.4. The van der Waals surface area contributed by atoms with Crippen molar-refractivity contribution >= 4 is 0 Å². The normalized spacial score (nSPS) is 42.1. The van der Waals surface area contributed by atoms with Crippen LogP contribution in [0.15, 0.2) is 47.6 Å². The summed E-state index contributed by atoms with van der Waals surface area (Å²) in [7, 11) is 0. The summed E-state index contributed by atoms with van der Waals surface area (Å²) in [6.45, 7) is 8.88. The largest absolute Gasteiger partial charge is 0.393 e. The zero-order valence-corrected chi connectivity index (χ0v) is 18.8. The van der Waals surface area contributed by atoms with Gasteiger partial charge in [-0.25, -0.2) is 0 Å². The van der Waals surface area contributed by atoms with Crippen molar-refractivity contribution in [2.45, 2.75) is 89.9 Å². The van der Waals surface area contributed by atoms with Crippen LogP contribution in [0.5, 0.6) is 0 Å². The van der Waals surface area contributed by atoms with Gasteiger partial charge >= 0.3 is 0 Å². The van der Waals surface area contributed by atoms with E-state index in [0.29, 0.717) is 41.9 Å². The molecule has 0 bridgehead atoms. The van der Waals surface area contributed by atoms with Crippen molar-refractivity contribution in [3.8, 4) is 0 Å². The first kappa shape index (κ1) is 22.0. The Morgan fingerprint density at radius 3 is 2.60 bits per heavy atom. The lowest BCUT2D eigenvalue weighted by Crippen LogP contribution is -2.35. The third kappa shape index (κ3) is 4.40. The monoisotopic (exact) mass is 412 g/mol. The standard InChI is InChI=1S/C27H40O3/c1-17(6-13-25(29)20-8-9-20)23-11-12-24-19(5-4-14-27(23,24)3)7-10-21-15-22(28)16-26(30)18(21)2/h6-7,10,13,17,20,22-26,28-30H,2,4-5,8-9,11-12,14-16H2,1,3H3/b13-6?,19-7+,21-10-/t17-,22-,23-,24+,25-,26+,27-/m1/s1. The van der Waals surface area contributed by atoms with Gasteiger partial charge in [0.15, 0.2) is 0 Å². The Morgan fingerprint density at radius 1 is 1.10 bits per heavy atom. The Bertz CT molecular complexity index is 743. The first-order valence-corrected chi connectivity index (χ1v) is 12.1. The van der Waals surface area contributed by atoms with Gasteiger partial charge in [0, 0.05) is 6.42 Å². The zero-order chi connectivity index (χ0) is 21.5. The summed E-state index contributed by atoms with van der Waals surface area (Å²) in [4.78, 5) is 0. The van der Waals surface area contributed by atoms with Crippen molar-refractivity contribution in [2.24, 2.45) is 29.1 Å². The molecule has 0 aromatic rings. The number of hydrogen-bond donors (Lipinski definition) is 3. The van der Waals surface area contributed by atoms with Crippen molar-refractivity contribution < 1.29 is 15.3 Å².